The molecular formula is C36H51F2NO4. The average molecular weight is 600 g/mol. The number of benzene rings is 2. The minimum atomic E-state index is -1.04. The Labute approximate surface area is 256 Å². The molecule has 1 unspecified atom stereocenters. The summed E-state index contributed by atoms with van der Waals surface area (Å²) in [6.07, 6.45) is 11.4. The van der Waals surface area contributed by atoms with Crippen LogP contribution >= 0.6 is 0 Å². The summed E-state index contributed by atoms with van der Waals surface area (Å²) in [6, 6.07) is 10.8. The lowest BCUT2D eigenvalue weighted by Crippen LogP contribution is -2.37. The SMILES string of the molecule is CC(C)(C(=O)O)c1ccc(OC2CCCC2)c(-c2cccc(F)c2C2CCC2)c1.CCC1(CC)CC(F)CN1.CCC=O. The highest BCUT2D eigenvalue weighted by atomic mass is 19.1. The summed E-state index contributed by atoms with van der Waals surface area (Å²) in [5.41, 5.74) is 2.18. The number of nitrogens with one attached hydrogen (secondary N) is 1. The number of halogens is 2. The Kier molecular flexibility index (Phi) is 12.7. The molecule has 0 radical (unpaired) electrons. The van der Waals surface area contributed by atoms with E-state index in [2.05, 4.69) is 19.2 Å². The van der Waals surface area contributed by atoms with Crippen LogP contribution in [0, 0.1) is 5.82 Å². The first kappa shape index (κ1) is 34.7. The zero-order chi connectivity index (χ0) is 31.6. The number of aliphatic carboxylic acids is 1. The van der Waals surface area contributed by atoms with Crippen molar-refractivity contribution in [2.75, 3.05) is 6.54 Å². The number of aldehydes is 1. The fourth-order valence-corrected chi connectivity index (χ4v) is 6.11. The van der Waals surface area contributed by atoms with Gasteiger partial charge in [-0.1, -0.05) is 45.4 Å². The van der Waals surface area contributed by atoms with E-state index < -0.39 is 17.6 Å². The van der Waals surface area contributed by atoms with E-state index >= 15 is 0 Å². The van der Waals surface area contributed by atoms with Gasteiger partial charge in [-0.05, 0) is 112 Å². The molecule has 0 amide bonds. The van der Waals surface area contributed by atoms with Gasteiger partial charge in [-0.2, -0.15) is 0 Å². The van der Waals surface area contributed by atoms with Crippen LogP contribution in [0.15, 0.2) is 36.4 Å². The maximum absolute atomic E-state index is 14.9. The van der Waals surface area contributed by atoms with Crippen molar-refractivity contribution in [1.82, 2.24) is 5.32 Å². The quantitative estimate of drug-likeness (QED) is 0.282. The molecular weight excluding hydrogens is 548 g/mol. The van der Waals surface area contributed by atoms with E-state index in [1.165, 1.54) is 6.07 Å². The number of rotatable bonds is 9. The molecule has 238 valence electrons. The molecule has 2 aromatic rings. The summed E-state index contributed by atoms with van der Waals surface area (Å²) in [7, 11) is 0. The standard InChI is InChI=1S/C25H29FO3.C8H16FN.C3H6O/c1-25(2,24(27)28)17-13-14-22(29-18-9-3-4-10-18)20(15-17)19-11-6-12-21(26)23(19)16-7-5-8-16;1-3-8(4-2)5-7(9)6-10-8;1-2-3-4/h6,11-16,18H,3-5,7-10H2,1-2H3,(H,27,28);7,10H,3-6H2,1-2H3;3H,2H2,1H3. The summed E-state index contributed by atoms with van der Waals surface area (Å²) < 4.78 is 33.9. The van der Waals surface area contributed by atoms with Gasteiger partial charge >= 0.3 is 5.97 Å². The molecule has 2 saturated carbocycles. The van der Waals surface area contributed by atoms with E-state index in [1.54, 1.807) is 19.9 Å². The molecule has 3 fully saturated rings. The second-order valence-corrected chi connectivity index (χ2v) is 12.7. The van der Waals surface area contributed by atoms with E-state index in [0.717, 1.165) is 86.5 Å². The first-order valence-corrected chi connectivity index (χ1v) is 16.2. The maximum atomic E-state index is 14.9. The molecule has 43 heavy (non-hydrogen) atoms. The molecule has 3 aliphatic rings. The summed E-state index contributed by atoms with van der Waals surface area (Å²) in [6.45, 7) is 10.0. The van der Waals surface area contributed by atoms with Crippen LogP contribution in [0.25, 0.3) is 11.1 Å². The van der Waals surface area contributed by atoms with Gasteiger partial charge in [0.2, 0.25) is 0 Å². The Hall–Kier alpha value is -2.80. The number of carboxylic acids is 1. The minimum Gasteiger partial charge on any atom is -0.490 e. The third kappa shape index (κ3) is 8.65. The highest BCUT2D eigenvalue weighted by Gasteiger charge is 2.35. The van der Waals surface area contributed by atoms with E-state index in [4.69, 9.17) is 4.74 Å². The molecule has 2 aromatic carbocycles. The zero-order valence-corrected chi connectivity index (χ0v) is 26.7. The van der Waals surface area contributed by atoms with Gasteiger partial charge in [0.05, 0.1) is 11.5 Å². The molecule has 1 aliphatic heterocycles. The van der Waals surface area contributed by atoms with Crippen LogP contribution in [0.4, 0.5) is 8.78 Å². The number of carbonyl (C=O) groups is 2. The number of hydrogen-bond acceptors (Lipinski definition) is 4. The molecule has 0 aromatic heterocycles. The second kappa shape index (κ2) is 15.8. The van der Waals surface area contributed by atoms with Crippen LogP contribution in [0.5, 0.6) is 5.75 Å². The Morgan fingerprint density at radius 2 is 1.70 bits per heavy atom. The van der Waals surface area contributed by atoms with Gasteiger partial charge in [0, 0.05) is 24.1 Å². The van der Waals surface area contributed by atoms with E-state index in [0.29, 0.717) is 24.9 Å². The number of hydrogen-bond donors (Lipinski definition) is 2. The third-order valence-electron chi connectivity index (χ3n) is 9.52. The lowest BCUT2D eigenvalue weighted by molar-refractivity contribution is -0.142. The molecule has 0 spiro atoms. The van der Waals surface area contributed by atoms with Crippen molar-refractivity contribution in [2.24, 2.45) is 0 Å². The molecule has 1 saturated heterocycles. The maximum Gasteiger partial charge on any atom is 0.313 e. The lowest BCUT2D eigenvalue weighted by atomic mass is 9.76. The van der Waals surface area contributed by atoms with Gasteiger partial charge in [0.15, 0.2) is 0 Å². The van der Waals surface area contributed by atoms with Gasteiger partial charge in [-0.3, -0.25) is 4.79 Å². The number of carbonyl (C=O) groups excluding carboxylic acids is 1. The topological polar surface area (TPSA) is 75.6 Å². The van der Waals surface area contributed by atoms with Gasteiger partial charge in [0.25, 0.3) is 0 Å². The molecule has 5 rings (SSSR count). The van der Waals surface area contributed by atoms with Crippen LogP contribution < -0.4 is 10.1 Å². The van der Waals surface area contributed by atoms with Crippen molar-refractivity contribution in [1.29, 1.82) is 0 Å². The first-order valence-electron chi connectivity index (χ1n) is 16.2. The predicted molar refractivity (Wildman–Crippen MR) is 169 cm³/mol. The Morgan fingerprint density at radius 3 is 2.16 bits per heavy atom. The highest BCUT2D eigenvalue weighted by Crippen LogP contribution is 2.46. The monoisotopic (exact) mass is 599 g/mol. The molecule has 7 heteroatoms. The fourth-order valence-electron chi connectivity index (χ4n) is 6.11. The average Bonchev–Trinajstić information content (AvgIpc) is 3.63. The molecule has 0 bridgehead atoms. The summed E-state index contributed by atoms with van der Waals surface area (Å²) in [5, 5.41) is 12.9. The van der Waals surface area contributed by atoms with Crippen molar-refractivity contribution in [3.8, 4) is 16.9 Å². The van der Waals surface area contributed by atoms with Crippen molar-refractivity contribution in [3.63, 3.8) is 0 Å². The van der Waals surface area contributed by atoms with Crippen molar-refractivity contribution in [2.45, 2.75) is 134 Å². The van der Waals surface area contributed by atoms with Crippen molar-refractivity contribution >= 4 is 12.3 Å². The smallest absolute Gasteiger partial charge is 0.313 e. The zero-order valence-electron chi connectivity index (χ0n) is 26.7. The molecule has 2 aliphatic carbocycles. The predicted octanol–water partition coefficient (Wildman–Crippen LogP) is 8.92. The number of ether oxygens (including phenoxy) is 1. The third-order valence-corrected chi connectivity index (χ3v) is 9.52. The lowest BCUT2D eigenvalue weighted by Gasteiger charge is -2.30. The summed E-state index contributed by atoms with van der Waals surface area (Å²) in [4.78, 5) is 21.0. The Balaban J connectivity index is 0.000000300. The molecule has 1 heterocycles. The van der Waals surface area contributed by atoms with Crippen molar-refractivity contribution in [3.05, 3.63) is 53.3 Å². The highest BCUT2D eigenvalue weighted by molar-refractivity contribution is 5.83. The van der Waals surface area contributed by atoms with Crippen LogP contribution in [0.1, 0.15) is 122 Å². The Bertz CT molecular complexity index is 1200. The summed E-state index contributed by atoms with van der Waals surface area (Å²) >= 11 is 0. The van der Waals surface area contributed by atoms with Gasteiger partial charge < -0.3 is 20.0 Å². The van der Waals surface area contributed by atoms with Crippen LogP contribution in [-0.2, 0) is 15.0 Å². The van der Waals surface area contributed by atoms with Crippen LogP contribution in [-0.4, -0.2) is 41.7 Å². The van der Waals surface area contributed by atoms with E-state index in [1.807, 2.05) is 31.2 Å². The van der Waals surface area contributed by atoms with E-state index in [-0.39, 0.29) is 23.4 Å². The normalized spacial score (nSPS) is 19.8. The van der Waals surface area contributed by atoms with Gasteiger partial charge in [0.1, 0.15) is 24.0 Å². The summed E-state index contributed by atoms with van der Waals surface area (Å²) in [5.74, 6) is -0.108. The minimum absolute atomic E-state index is 0.124. The number of carboxylic acid groups (broad SMARTS) is 1. The fraction of sp³-hybridized carbons (Fsp3) is 0.611. The molecule has 1 atom stereocenters. The second-order valence-electron chi connectivity index (χ2n) is 12.7. The van der Waals surface area contributed by atoms with Gasteiger partial charge in [-0.25, -0.2) is 8.78 Å². The van der Waals surface area contributed by atoms with Crippen LogP contribution in [0.2, 0.25) is 0 Å². The Morgan fingerprint density at radius 1 is 1.05 bits per heavy atom. The molecule has 2 N–H and O–H groups in total. The van der Waals surface area contributed by atoms with Crippen LogP contribution in [0.3, 0.4) is 0 Å². The largest absolute Gasteiger partial charge is 0.490 e. The van der Waals surface area contributed by atoms with E-state index in [9.17, 15) is 23.5 Å². The first-order chi connectivity index (χ1) is 20.5. The van der Waals surface area contributed by atoms with Gasteiger partial charge in [-0.15, -0.1) is 0 Å². The number of alkyl halides is 1. The van der Waals surface area contributed by atoms with Crippen molar-refractivity contribution < 1.29 is 28.2 Å². The molecule has 5 nitrogen and oxygen atoms in total.